The third-order valence-electron chi connectivity index (χ3n) is 5.18. The first kappa shape index (κ1) is 19.2. The van der Waals surface area contributed by atoms with Gasteiger partial charge < -0.3 is 27.9 Å². The molecular weight excluding hydrogens is 402 g/mol. The number of carbonyl (C=O) groups is 1. The fourth-order valence-electron chi connectivity index (χ4n) is 3.65. The van der Waals surface area contributed by atoms with Gasteiger partial charge in [-0.1, -0.05) is 12.1 Å². The summed E-state index contributed by atoms with van der Waals surface area (Å²) < 4.78 is 27.5. The van der Waals surface area contributed by atoms with E-state index in [2.05, 4.69) is 0 Å². The van der Waals surface area contributed by atoms with Crippen LogP contribution in [0.25, 0.3) is 33.3 Å². The van der Waals surface area contributed by atoms with Crippen LogP contribution in [-0.2, 0) is 4.74 Å². The fourth-order valence-corrected chi connectivity index (χ4v) is 3.65. The lowest BCUT2D eigenvalue weighted by Crippen LogP contribution is -2.42. The highest BCUT2D eigenvalue weighted by Crippen LogP contribution is 2.36. The number of ether oxygens (including phenoxy) is 3. The minimum absolute atomic E-state index is 0.341. The van der Waals surface area contributed by atoms with Crippen molar-refractivity contribution in [2.75, 3.05) is 33.4 Å². The van der Waals surface area contributed by atoms with E-state index in [0.717, 1.165) is 5.39 Å². The summed E-state index contributed by atoms with van der Waals surface area (Å²) in [5.41, 5.74) is 0.971. The van der Waals surface area contributed by atoms with Crippen molar-refractivity contribution in [3.05, 3.63) is 59.0 Å². The van der Waals surface area contributed by atoms with E-state index in [1.54, 1.807) is 36.3 Å². The highest BCUT2D eigenvalue weighted by Gasteiger charge is 2.20. The van der Waals surface area contributed by atoms with Gasteiger partial charge in [0.1, 0.15) is 17.1 Å². The first-order valence-corrected chi connectivity index (χ1v) is 9.82. The second-order valence-electron chi connectivity index (χ2n) is 7.09. The van der Waals surface area contributed by atoms with Crippen LogP contribution in [0.1, 0.15) is 0 Å². The van der Waals surface area contributed by atoms with E-state index >= 15 is 0 Å². The Kier molecular flexibility index (Phi) is 4.83. The van der Waals surface area contributed by atoms with Crippen molar-refractivity contribution in [1.29, 1.82) is 0 Å². The number of methoxy groups -OCH3 is 1. The zero-order valence-corrected chi connectivity index (χ0v) is 16.8. The van der Waals surface area contributed by atoms with Gasteiger partial charge in [-0.2, -0.15) is 0 Å². The van der Waals surface area contributed by atoms with Gasteiger partial charge in [-0.25, -0.2) is 9.59 Å². The van der Waals surface area contributed by atoms with Crippen LogP contribution in [-0.4, -0.2) is 44.4 Å². The van der Waals surface area contributed by atoms with Crippen molar-refractivity contribution >= 4 is 28.0 Å². The Balaban J connectivity index is 1.57. The quantitative estimate of drug-likeness (QED) is 0.461. The highest BCUT2D eigenvalue weighted by atomic mass is 16.6. The molecule has 1 saturated heterocycles. The van der Waals surface area contributed by atoms with Gasteiger partial charge in [-0.15, -0.1) is 0 Å². The molecule has 1 amide bonds. The van der Waals surface area contributed by atoms with Crippen molar-refractivity contribution in [3.63, 3.8) is 0 Å². The summed E-state index contributed by atoms with van der Waals surface area (Å²) in [7, 11) is 1.57. The molecule has 8 nitrogen and oxygen atoms in total. The predicted octanol–water partition coefficient (Wildman–Crippen LogP) is 4.05. The number of amides is 1. The Morgan fingerprint density at radius 3 is 2.68 bits per heavy atom. The minimum Gasteiger partial charge on any atom is -0.493 e. The Labute approximate surface area is 176 Å². The summed E-state index contributed by atoms with van der Waals surface area (Å²) in [5.74, 6) is 1.41. The molecule has 1 aliphatic heterocycles. The number of furan rings is 1. The minimum atomic E-state index is -0.506. The van der Waals surface area contributed by atoms with Crippen LogP contribution in [0.3, 0.4) is 0 Å². The van der Waals surface area contributed by atoms with Gasteiger partial charge in [0.2, 0.25) is 0 Å². The summed E-state index contributed by atoms with van der Waals surface area (Å²) in [6.45, 7) is 1.93. The second-order valence-corrected chi connectivity index (χ2v) is 7.09. The number of fused-ring (bicyclic) bond motifs is 2. The predicted molar refractivity (Wildman–Crippen MR) is 113 cm³/mol. The Morgan fingerprint density at radius 2 is 1.87 bits per heavy atom. The van der Waals surface area contributed by atoms with Crippen molar-refractivity contribution in [2.24, 2.45) is 0 Å². The zero-order valence-electron chi connectivity index (χ0n) is 16.8. The number of carbonyl (C=O) groups excluding carboxylic acids is 1. The number of hydrogen-bond acceptors (Lipinski definition) is 7. The summed E-state index contributed by atoms with van der Waals surface area (Å²) in [5, 5.41) is 1.43. The topological polar surface area (TPSA) is 91.4 Å². The second kappa shape index (κ2) is 7.81. The van der Waals surface area contributed by atoms with Crippen LogP contribution in [0.15, 0.2) is 62.2 Å². The average molecular weight is 421 g/mol. The van der Waals surface area contributed by atoms with Crippen LogP contribution in [0, 0.1) is 0 Å². The van der Waals surface area contributed by atoms with Gasteiger partial charge in [0.25, 0.3) is 0 Å². The molecule has 0 radical (unpaired) electrons. The molecule has 0 atom stereocenters. The summed E-state index contributed by atoms with van der Waals surface area (Å²) >= 11 is 0. The lowest BCUT2D eigenvalue weighted by molar-refractivity contribution is 0.0416. The number of morpholine rings is 1. The molecule has 1 fully saturated rings. The van der Waals surface area contributed by atoms with E-state index in [9.17, 15) is 9.59 Å². The van der Waals surface area contributed by atoms with Crippen molar-refractivity contribution in [2.45, 2.75) is 0 Å². The first-order valence-electron chi connectivity index (χ1n) is 9.82. The number of rotatable bonds is 3. The van der Waals surface area contributed by atoms with Gasteiger partial charge in [0, 0.05) is 35.5 Å². The van der Waals surface area contributed by atoms with Crippen molar-refractivity contribution in [3.8, 4) is 22.8 Å². The van der Waals surface area contributed by atoms with Gasteiger partial charge in [-0.05, 0) is 30.3 Å². The number of benzene rings is 2. The molecule has 0 spiro atoms. The summed E-state index contributed by atoms with van der Waals surface area (Å²) in [6, 6.07) is 13.6. The van der Waals surface area contributed by atoms with E-state index in [0.29, 0.717) is 65.7 Å². The molecular formula is C23H19NO7. The van der Waals surface area contributed by atoms with Crippen LogP contribution >= 0.6 is 0 Å². The largest absolute Gasteiger partial charge is 0.493 e. The number of hydrogen-bond donors (Lipinski definition) is 0. The molecule has 0 N–H and O–H groups in total. The standard InChI is InChI=1S/C23H19NO7/c1-27-19-4-2-3-14-11-20(31-22(14)19)17-13-21(25)30-18-6-5-15(12-16(17)18)29-23(26)24-7-9-28-10-8-24/h2-6,11-13H,7-10H2,1H3. The van der Waals surface area contributed by atoms with Crippen LogP contribution in [0.5, 0.6) is 11.5 Å². The van der Waals surface area contributed by atoms with Gasteiger partial charge >= 0.3 is 11.7 Å². The highest BCUT2D eigenvalue weighted by molar-refractivity contribution is 5.96. The third-order valence-corrected chi connectivity index (χ3v) is 5.18. The van der Waals surface area contributed by atoms with Crippen molar-refractivity contribution in [1.82, 2.24) is 4.90 Å². The molecule has 5 rings (SSSR count). The van der Waals surface area contributed by atoms with E-state index in [1.165, 1.54) is 6.07 Å². The normalized spacial score (nSPS) is 14.2. The molecule has 3 heterocycles. The molecule has 2 aromatic carbocycles. The Morgan fingerprint density at radius 1 is 1.03 bits per heavy atom. The summed E-state index contributed by atoms with van der Waals surface area (Å²) in [6.07, 6.45) is -0.449. The molecule has 158 valence electrons. The van der Waals surface area contributed by atoms with E-state index in [4.69, 9.17) is 23.0 Å². The molecule has 2 aromatic heterocycles. The van der Waals surface area contributed by atoms with Gasteiger partial charge in [0.05, 0.1) is 20.3 Å². The smallest absolute Gasteiger partial charge is 0.415 e. The SMILES string of the molecule is COc1cccc2cc(-c3cc(=O)oc4ccc(OC(=O)N5CCOCC5)cc34)oc12. The van der Waals surface area contributed by atoms with E-state index in [-0.39, 0.29) is 0 Å². The van der Waals surface area contributed by atoms with E-state index < -0.39 is 11.7 Å². The maximum Gasteiger partial charge on any atom is 0.415 e. The zero-order chi connectivity index (χ0) is 21.4. The molecule has 0 aliphatic carbocycles. The first-order chi connectivity index (χ1) is 15.1. The maximum atomic E-state index is 12.4. The van der Waals surface area contributed by atoms with Crippen LogP contribution in [0.2, 0.25) is 0 Å². The molecule has 31 heavy (non-hydrogen) atoms. The third kappa shape index (κ3) is 3.62. The van der Waals surface area contributed by atoms with Gasteiger partial charge in [-0.3, -0.25) is 0 Å². The van der Waals surface area contributed by atoms with Crippen LogP contribution in [0.4, 0.5) is 4.79 Å². The Hall–Kier alpha value is -3.78. The molecule has 1 aliphatic rings. The molecule has 8 heteroatoms. The van der Waals surface area contributed by atoms with Gasteiger partial charge in [0.15, 0.2) is 11.3 Å². The fraction of sp³-hybridized carbons (Fsp3) is 0.217. The lowest BCUT2D eigenvalue weighted by Gasteiger charge is -2.25. The Bertz CT molecular complexity index is 1330. The monoisotopic (exact) mass is 421 g/mol. The van der Waals surface area contributed by atoms with E-state index in [1.807, 2.05) is 18.2 Å². The average Bonchev–Trinajstić information content (AvgIpc) is 3.23. The van der Waals surface area contributed by atoms with Crippen LogP contribution < -0.4 is 15.1 Å². The lowest BCUT2D eigenvalue weighted by atomic mass is 10.1. The summed E-state index contributed by atoms with van der Waals surface area (Å²) in [4.78, 5) is 26.2. The number of nitrogens with zero attached hydrogens (tertiary/aromatic N) is 1. The molecule has 0 saturated carbocycles. The number of para-hydroxylation sites is 1. The maximum absolute atomic E-state index is 12.4. The molecule has 0 bridgehead atoms. The van der Waals surface area contributed by atoms with Crippen molar-refractivity contribution < 1.29 is 27.8 Å². The molecule has 0 unspecified atom stereocenters. The molecule has 4 aromatic rings.